The Morgan fingerprint density at radius 1 is 1.17 bits per heavy atom. The van der Waals surface area contributed by atoms with E-state index in [1.807, 2.05) is 24.3 Å². The molecule has 0 saturated heterocycles. The summed E-state index contributed by atoms with van der Waals surface area (Å²) in [5.41, 5.74) is 3.86. The lowest BCUT2D eigenvalue weighted by atomic mass is 10.2. The number of carbonyl (C=O) groups excluding carboxylic acids is 1. The lowest BCUT2D eigenvalue weighted by Gasteiger charge is -2.04. The van der Waals surface area contributed by atoms with Gasteiger partial charge in [-0.25, -0.2) is 5.43 Å². The summed E-state index contributed by atoms with van der Waals surface area (Å²) in [5.74, 6) is 1.16. The van der Waals surface area contributed by atoms with Gasteiger partial charge in [0.25, 0.3) is 5.91 Å². The van der Waals surface area contributed by atoms with Crippen molar-refractivity contribution in [1.29, 1.82) is 0 Å². The maximum absolute atomic E-state index is 12.0. The first-order valence-electron chi connectivity index (χ1n) is 7.43. The molecule has 120 valence electrons. The summed E-state index contributed by atoms with van der Waals surface area (Å²) in [4.78, 5) is 12.0. The number of amides is 1. The van der Waals surface area contributed by atoms with E-state index in [4.69, 9.17) is 9.47 Å². The van der Waals surface area contributed by atoms with Crippen molar-refractivity contribution in [1.82, 2.24) is 5.43 Å². The highest BCUT2D eigenvalue weighted by Gasteiger charge is 2.04. The summed E-state index contributed by atoms with van der Waals surface area (Å²) < 4.78 is 10.6. The van der Waals surface area contributed by atoms with Crippen molar-refractivity contribution in [2.75, 3.05) is 13.7 Å². The largest absolute Gasteiger partial charge is 0.497 e. The monoisotopic (exact) mass is 312 g/mol. The molecule has 2 aromatic rings. The molecular weight excluding hydrogens is 292 g/mol. The zero-order chi connectivity index (χ0) is 16.5. The Morgan fingerprint density at radius 2 is 1.96 bits per heavy atom. The van der Waals surface area contributed by atoms with Crippen LogP contribution in [0.3, 0.4) is 0 Å². The Labute approximate surface area is 135 Å². The summed E-state index contributed by atoms with van der Waals surface area (Å²) in [6.45, 7) is 2.76. The van der Waals surface area contributed by atoms with Crippen molar-refractivity contribution < 1.29 is 14.3 Å². The van der Waals surface area contributed by atoms with Gasteiger partial charge in [-0.1, -0.05) is 13.0 Å². The van der Waals surface area contributed by atoms with Gasteiger partial charge in [-0.3, -0.25) is 4.79 Å². The standard InChI is InChI=1S/C18H20N2O3/c1-3-11-23-16-9-7-14(8-10-16)13-19-20-18(21)15-5-4-6-17(12-15)22-2/h4-10,12-13H,3,11H2,1-2H3,(H,20,21)/b19-13-. The second-order valence-corrected chi connectivity index (χ2v) is 4.85. The molecular formula is C18H20N2O3. The second-order valence-electron chi connectivity index (χ2n) is 4.85. The molecule has 2 rings (SSSR count). The molecule has 0 heterocycles. The molecule has 5 heteroatoms. The van der Waals surface area contributed by atoms with Crippen LogP contribution in [0.4, 0.5) is 0 Å². The fourth-order valence-corrected chi connectivity index (χ4v) is 1.86. The highest BCUT2D eigenvalue weighted by molar-refractivity contribution is 5.95. The van der Waals surface area contributed by atoms with Gasteiger partial charge in [0.1, 0.15) is 11.5 Å². The predicted octanol–water partition coefficient (Wildman–Crippen LogP) is 3.25. The number of hydrogen-bond acceptors (Lipinski definition) is 4. The molecule has 0 aliphatic heterocycles. The van der Waals surface area contributed by atoms with Crippen molar-refractivity contribution in [2.45, 2.75) is 13.3 Å². The molecule has 1 amide bonds. The molecule has 0 aliphatic rings. The van der Waals surface area contributed by atoms with Crippen LogP contribution >= 0.6 is 0 Å². The van der Waals surface area contributed by atoms with Crippen molar-refractivity contribution in [3.8, 4) is 11.5 Å². The summed E-state index contributed by atoms with van der Waals surface area (Å²) in [6, 6.07) is 14.4. The number of carbonyl (C=O) groups is 1. The topological polar surface area (TPSA) is 59.9 Å². The van der Waals surface area contributed by atoms with E-state index in [9.17, 15) is 4.79 Å². The van der Waals surface area contributed by atoms with Gasteiger partial charge in [-0.15, -0.1) is 0 Å². The predicted molar refractivity (Wildman–Crippen MR) is 90.3 cm³/mol. The first-order valence-corrected chi connectivity index (χ1v) is 7.43. The smallest absolute Gasteiger partial charge is 0.271 e. The maximum Gasteiger partial charge on any atom is 0.271 e. The van der Waals surface area contributed by atoms with Crippen LogP contribution in [0, 0.1) is 0 Å². The SMILES string of the molecule is CCCOc1ccc(/C=N\NC(=O)c2cccc(OC)c2)cc1. The summed E-state index contributed by atoms with van der Waals surface area (Å²) in [6.07, 6.45) is 2.56. The van der Waals surface area contributed by atoms with E-state index in [0.717, 1.165) is 17.7 Å². The fourth-order valence-electron chi connectivity index (χ4n) is 1.86. The molecule has 23 heavy (non-hydrogen) atoms. The van der Waals surface area contributed by atoms with Crippen LogP contribution in [0.2, 0.25) is 0 Å². The second kappa shape index (κ2) is 8.58. The van der Waals surface area contributed by atoms with Crippen LogP contribution in [0.5, 0.6) is 11.5 Å². The zero-order valence-corrected chi connectivity index (χ0v) is 13.3. The zero-order valence-electron chi connectivity index (χ0n) is 13.3. The minimum absolute atomic E-state index is 0.289. The van der Waals surface area contributed by atoms with E-state index in [2.05, 4.69) is 17.5 Å². The first kappa shape index (κ1) is 16.5. The molecule has 0 bridgehead atoms. The van der Waals surface area contributed by atoms with E-state index >= 15 is 0 Å². The van der Waals surface area contributed by atoms with Crippen LogP contribution in [0.15, 0.2) is 53.6 Å². The van der Waals surface area contributed by atoms with E-state index in [1.165, 1.54) is 0 Å². The molecule has 0 radical (unpaired) electrons. The molecule has 0 aromatic heterocycles. The number of nitrogens with one attached hydrogen (secondary N) is 1. The van der Waals surface area contributed by atoms with Crippen molar-refractivity contribution in [3.63, 3.8) is 0 Å². The summed E-state index contributed by atoms with van der Waals surface area (Å²) in [7, 11) is 1.56. The number of nitrogens with zero attached hydrogens (tertiary/aromatic N) is 1. The Kier molecular flexibility index (Phi) is 6.17. The van der Waals surface area contributed by atoms with E-state index in [-0.39, 0.29) is 5.91 Å². The third-order valence-electron chi connectivity index (χ3n) is 3.06. The van der Waals surface area contributed by atoms with Gasteiger partial charge >= 0.3 is 0 Å². The summed E-state index contributed by atoms with van der Waals surface area (Å²) in [5, 5.41) is 3.96. The number of hydrogen-bond donors (Lipinski definition) is 1. The average molecular weight is 312 g/mol. The van der Waals surface area contributed by atoms with E-state index in [0.29, 0.717) is 17.9 Å². The number of hydrazone groups is 1. The molecule has 2 aromatic carbocycles. The molecule has 0 atom stereocenters. The van der Waals surface area contributed by atoms with Gasteiger partial charge < -0.3 is 9.47 Å². The number of benzene rings is 2. The minimum atomic E-state index is -0.289. The maximum atomic E-state index is 12.0. The van der Waals surface area contributed by atoms with Crippen molar-refractivity contribution in [3.05, 3.63) is 59.7 Å². The number of methoxy groups -OCH3 is 1. The molecule has 0 unspecified atom stereocenters. The van der Waals surface area contributed by atoms with Crippen LogP contribution in [-0.2, 0) is 0 Å². The van der Waals surface area contributed by atoms with Gasteiger partial charge in [0.15, 0.2) is 0 Å². The Bertz CT molecular complexity index is 666. The Morgan fingerprint density at radius 3 is 2.65 bits per heavy atom. The Balaban J connectivity index is 1.91. The molecule has 0 saturated carbocycles. The molecule has 0 spiro atoms. The number of ether oxygens (including phenoxy) is 2. The minimum Gasteiger partial charge on any atom is -0.497 e. The van der Waals surface area contributed by atoms with Gasteiger partial charge in [0, 0.05) is 5.56 Å². The summed E-state index contributed by atoms with van der Waals surface area (Å²) >= 11 is 0. The van der Waals surface area contributed by atoms with Gasteiger partial charge in [0.2, 0.25) is 0 Å². The molecule has 5 nitrogen and oxygen atoms in total. The molecule has 0 aliphatic carbocycles. The van der Waals surface area contributed by atoms with Crippen LogP contribution in [0.25, 0.3) is 0 Å². The van der Waals surface area contributed by atoms with Crippen LogP contribution < -0.4 is 14.9 Å². The lowest BCUT2D eigenvalue weighted by Crippen LogP contribution is -2.17. The van der Waals surface area contributed by atoms with Crippen molar-refractivity contribution in [2.24, 2.45) is 5.10 Å². The highest BCUT2D eigenvalue weighted by atomic mass is 16.5. The van der Waals surface area contributed by atoms with Gasteiger partial charge in [-0.05, 0) is 54.4 Å². The highest BCUT2D eigenvalue weighted by Crippen LogP contribution is 2.13. The lowest BCUT2D eigenvalue weighted by molar-refractivity contribution is 0.0955. The normalized spacial score (nSPS) is 10.5. The molecule has 0 fully saturated rings. The van der Waals surface area contributed by atoms with Crippen LogP contribution in [0.1, 0.15) is 29.3 Å². The molecule has 1 N–H and O–H groups in total. The third-order valence-corrected chi connectivity index (χ3v) is 3.06. The fraction of sp³-hybridized carbons (Fsp3) is 0.222. The third kappa shape index (κ3) is 5.14. The Hall–Kier alpha value is -2.82. The van der Waals surface area contributed by atoms with Gasteiger partial charge in [0.05, 0.1) is 19.9 Å². The van der Waals surface area contributed by atoms with Crippen molar-refractivity contribution >= 4 is 12.1 Å². The number of rotatable bonds is 7. The van der Waals surface area contributed by atoms with Gasteiger partial charge in [-0.2, -0.15) is 5.10 Å². The first-order chi connectivity index (χ1) is 11.2. The van der Waals surface area contributed by atoms with E-state index in [1.54, 1.807) is 37.6 Å². The average Bonchev–Trinajstić information content (AvgIpc) is 2.61. The van der Waals surface area contributed by atoms with Crippen LogP contribution in [-0.4, -0.2) is 25.8 Å². The van der Waals surface area contributed by atoms with E-state index < -0.39 is 0 Å². The quantitative estimate of drug-likeness (QED) is 0.630.